The van der Waals surface area contributed by atoms with Gasteiger partial charge >= 0.3 is 11.9 Å². The van der Waals surface area contributed by atoms with Crippen molar-refractivity contribution in [2.24, 2.45) is 0 Å². The Morgan fingerprint density at radius 1 is 0.889 bits per heavy atom. The highest BCUT2D eigenvalue weighted by atomic mass is 35.5. The van der Waals surface area contributed by atoms with Crippen molar-refractivity contribution in [2.45, 2.75) is 32.2 Å². The number of ether oxygens (including phenoxy) is 1. The number of fused-ring (bicyclic) bond motifs is 1. The molecule has 1 heterocycles. The van der Waals surface area contributed by atoms with E-state index in [1.807, 2.05) is 36.4 Å². The molecule has 36 heavy (non-hydrogen) atoms. The van der Waals surface area contributed by atoms with Crippen LogP contribution < -0.4 is 15.4 Å². The monoisotopic (exact) mass is 530 g/mol. The first-order chi connectivity index (χ1) is 17.3. The Labute approximate surface area is 220 Å². The molecule has 0 aromatic heterocycles. The standard InChI is InChI=1S/C23H22Cl2N2O.C4H6O4/c24-18-2-1-3-20(14-18)28-19-7-4-16(5-8-19)15-27-23-21-11-13-26-12-10-17(21)6-9-22(23)25;5-3(6)1-2-4(7)8/h1-9,14,26-27H,10-13,15H2;1-2H2,(H,5,6)(H,7,8). The van der Waals surface area contributed by atoms with Gasteiger partial charge in [-0.25, -0.2) is 0 Å². The lowest BCUT2D eigenvalue weighted by molar-refractivity contribution is -0.143. The van der Waals surface area contributed by atoms with Crippen molar-refractivity contribution in [1.82, 2.24) is 5.32 Å². The predicted molar refractivity (Wildman–Crippen MR) is 142 cm³/mol. The Kier molecular flexibility index (Phi) is 10.4. The Balaban J connectivity index is 0.000000392. The van der Waals surface area contributed by atoms with Crippen molar-refractivity contribution in [3.8, 4) is 11.5 Å². The van der Waals surface area contributed by atoms with Gasteiger partial charge in [-0.15, -0.1) is 0 Å². The molecule has 0 spiro atoms. The molecule has 190 valence electrons. The lowest BCUT2D eigenvalue weighted by Crippen LogP contribution is -2.16. The molecule has 0 atom stereocenters. The molecular weight excluding hydrogens is 503 g/mol. The minimum atomic E-state index is -1.08. The summed E-state index contributed by atoms with van der Waals surface area (Å²) in [6.07, 6.45) is 1.44. The van der Waals surface area contributed by atoms with Crippen LogP contribution in [0.2, 0.25) is 10.0 Å². The summed E-state index contributed by atoms with van der Waals surface area (Å²) in [5.74, 6) is -0.644. The molecule has 0 amide bonds. The molecule has 3 aromatic rings. The second kappa shape index (κ2) is 13.7. The normalized spacial score (nSPS) is 12.4. The van der Waals surface area contributed by atoms with Crippen LogP contribution in [0.3, 0.4) is 0 Å². The van der Waals surface area contributed by atoms with E-state index in [0.717, 1.165) is 48.1 Å². The van der Waals surface area contributed by atoms with Crippen LogP contribution in [0.1, 0.15) is 29.5 Å². The van der Waals surface area contributed by atoms with Crippen molar-refractivity contribution in [1.29, 1.82) is 0 Å². The van der Waals surface area contributed by atoms with Gasteiger partial charge < -0.3 is 25.6 Å². The van der Waals surface area contributed by atoms with Crippen LogP contribution >= 0.6 is 23.2 Å². The second-order valence-corrected chi connectivity index (χ2v) is 9.00. The van der Waals surface area contributed by atoms with Gasteiger partial charge in [0.2, 0.25) is 0 Å². The van der Waals surface area contributed by atoms with Gasteiger partial charge in [0, 0.05) is 11.6 Å². The molecule has 0 radical (unpaired) electrons. The van der Waals surface area contributed by atoms with E-state index in [-0.39, 0.29) is 12.8 Å². The molecule has 0 saturated heterocycles. The Hall–Kier alpha value is -3.26. The number of benzene rings is 3. The van der Waals surface area contributed by atoms with Gasteiger partial charge in [-0.3, -0.25) is 9.59 Å². The highest BCUT2D eigenvalue weighted by Gasteiger charge is 2.14. The molecule has 3 aromatic carbocycles. The van der Waals surface area contributed by atoms with Gasteiger partial charge in [-0.2, -0.15) is 0 Å². The summed E-state index contributed by atoms with van der Waals surface area (Å²) >= 11 is 12.5. The zero-order valence-electron chi connectivity index (χ0n) is 19.6. The molecule has 0 unspecified atom stereocenters. The number of carbonyl (C=O) groups is 2. The van der Waals surface area contributed by atoms with E-state index in [9.17, 15) is 9.59 Å². The third kappa shape index (κ3) is 8.75. The van der Waals surface area contributed by atoms with Gasteiger partial charge in [0.15, 0.2) is 0 Å². The van der Waals surface area contributed by atoms with Crippen LogP contribution in [-0.2, 0) is 29.0 Å². The molecule has 0 fully saturated rings. The van der Waals surface area contributed by atoms with Gasteiger partial charge in [0.25, 0.3) is 0 Å². The van der Waals surface area contributed by atoms with E-state index in [2.05, 4.69) is 28.8 Å². The second-order valence-electron chi connectivity index (χ2n) is 8.15. The fourth-order valence-corrected chi connectivity index (χ4v) is 4.11. The number of hydrogen-bond donors (Lipinski definition) is 4. The van der Waals surface area contributed by atoms with Gasteiger partial charge in [-0.1, -0.05) is 47.5 Å². The summed E-state index contributed by atoms with van der Waals surface area (Å²) in [4.78, 5) is 19.3. The SMILES string of the molecule is Clc1cccc(Oc2ccc(CNc3c(Cl)ccc4c3CCNCC4)cc2)c1.O=C(O)CCC(=O)O. The maximum atomic E-state index is 9.64. The molecule has 0 saturated carbocycles. The Morgan fingerprint density at radius 3 is 2.25 bits per heavy atom. The van der Waals surface area contributed by atoms with Crippen molar-refractivity contribution in [3.05, 3.63) is 87.4 Å². The zero-order chi connectivity index (χ0) is 25.9. The number of carboxylic acid groups (broad SMARTS) is 2. The lowest BCUT2D eigenvalue weighted by atomic mass is 10.0. The van der Waals surface area contributed by atoms with Crippen LogP contribution in [0.25, 0.3) is 0 Å². The molecule has 7 nitrogen and oxygen atoms in total. The first-order valence-corrected chi connectivity index (χ1v) is 12.3. The van der Waals surface area contributed by atoms with E-state index >= 15 is 0 Å². The fourth-order valence-electron chi connectivity index (χ4n) is 3.68. The fraction of sp³-hybridized carbons (Fsp3) is 0.259. The number of anilines is 1. The highest BCUT2D eigenvalue weighted by molar-refractivity contribution is 6.33. The third-order valence-corrected chi connectivity index (χ3v) is 6.01. The molecule has 0 aliphatic carbocycles. The minimum absolute atomic E-state index is 0.296. The molecule has 4 N–H and O–H groups in total. The predicted octanol–water partition coefficient (Wildman–Crippen LogP) is 6.02. The van der Waals surface area contributed by atoms with E-state index in [4.69, 9.17) is 38.2 Å². The van der Waals surface area contributed by atoms with Crippen LogP contribution in [0.5, 0.6) is 11.5 Å². The first-order valence-electron chi connectivity index (χ1n) is 11.5. The summed E-state index contributed by atoms with van der Waals surface area (Å²) < 4.78 is 5.85. The number of carboxylic acids is 2. The van der Waals surface area contributed by atoms with E-state index in [1.54, 1.807) is 6.07 Å². The summed E-state index contributed by atoms with van der Waals surface area (Å²) in [5, 5.41) is 24.2. The van der Waals surface area contributed by atoms with Crippen LogP contribution in [0.4, 0.5) is 5.69 Å². The maximum absolute atomic E-state index is 9.64. The summed E-state index contributed by atoms with van der Waals surface area (Å²) in [5.41, 5.74) is 4.93. The Morgan fingerprint density at radius 2 is 1.58 bits per heavy atom. The zero-order valence-corrected chi connectivity index (χ0v) is 21.1. The molecular formula is C27H28Cl2N2O5. The molecule has 1 aliphatic rings. The van der Waals surface area contributed by atoms with Crippen LogP contribution in [0.15, 0.2) is 60.7 Å². The third-order valence-electron chi connectivity index (χ3n) is 5.46. The first kappa shape index (κ1) is 27.3. The minimum Gasteiger partial charge on any atom is -0.481 e. The summed E-state index contributed by atoms with van der Waals surface area (Å²) in [7, 11) is 0. The smallest absolute Gasteiger partial charge is 0.303 e. The summed E-state index contributed by atoms with van der Waals surface area (Å²) in [6.45, 7) is 2.71. The largest absolute Gasteiger partial charge is 0.481 e. The maximum Gasteiger partial charge on any atom is 0.303 e. The van der Waals surface area contributed by atoms with Gasteiger partial charge in [0.05, 0.1) is 23.6 Å². The summed E-state index contributed by atoms with van der Waals surface area (Å²) in [6, 6.07) is 19.6. The van der Waals surface area contributed by atoms with E-state index in [0.29, 0.717) is 11.6 Å². The molecule has 1 aliphatic heterocycles. The van der Waals surface area contributed by atoms with Crippen LogP contribution in [-0.4, -0.2) is 35.2 Å². The quantitative estimate of drug-likeness (QED) is 0.282. The van der Waals surface area contributed by atoms with Crippen LogP contribution in [0, 0.1) is 0 Å². The van der Waals surface area contributed by atoms with E-state index in [1.165, 1.54) is 16.7 Å². The van der Waals surface area contributed by atoms with E-state index < -0.39 is 11.9 Å². The molecule has 4 rings (SSSR count). The topological polar surface area (TPSA) is 108 Å². The number of aliphatic carboxylic acids is 2. The average Bonchev–Trinajstić information content (AvgIpc) is 3.09. The van der Waals surface area contributed by atoms with Crippen molar-refractivity contribution in [2.75, 3.05) is 18.4 Å². The van der Waals surface area contributed by atoms with Gasteiger partial charge in [0.1, 0.15) is 11.5 Å². The van der Waals surface area contributed by atoms with Gasteiger partial charge in [-0.05, 0) is 79.0 Å². The molecule has 0 bridgehead atoms. The Bertz CT molecular complexity index is 1170. The lowest BCUT2D eigenvalue weighted by Gasteiger charge is -2.16. The van der Waals surface area contributed by atoms with Crippen molar-refractivity contribution < 1.29 is 24.5 Å². The highest BCUT2D eigenvalue weighted by Crippen LogP contribution is 2.31. The molecule has 9 heteroatoms. The van der Waals surface area contributed by atoms with Crippen molar-refractivity contribution in [3.63, 3.8) is 0 Å². The average molecular weight is 531 g/mol. The number of halogens is 2. The number of hydrogen-bond acceptors (Lipinski definition) is 5. The van der Waals surface area contributed by atoms with Crippen molar-refractivity contribution >= 4 is 40.8 Å². The number of rotatable bonds is 8. The number of nitrogens with one attached hydrogen (secondary N) is 2.